The first-order chi connectivity index (χ1) is 25.5. The van der Waals surface area contributed by atoms with Crippen LogP contribution in [0.5, 0.6) is 0 Å². The molecule has 8 heteroatoms. The highest BCUT2D eigenvalue weighted by Crippen LogP contribution is 2.34. The van der Waals surface area contributed by atoms with Crippen LogP contribution in [0.1, 0.15) is 124 Å². The molecular weight excluding hydrogens is 657 g/mol. The van der Waals surface area contributed by atoms with Crippen LogP contribution >= 0.6 is 0 Å². The van der Waals surface area contributed by atoms with Crippen molar-refractivity contribution in [1.82, 2.24) is 29.2 Å². The Hall–Kier alpha value is -3.62. The Balaban J connectivity index is 0.000000165. The Morgan fingerprint density at radius 2 is 1.23 bits per heavy atom. The third kappa shape index (κ3) is 7.82. The van der Waals surface area contributed by atoms with E-state index in [9.17, 15) is 9.59 Å². The van der Waals surface area contributed by atoms with E-state index in [1.165, 1.54) is 44.3 Å². The molecule has 8 rings (SSSR count). The van der Waals surface area contributed by atoms with Gasteiger partial charge in [-0.15, -0.1) is 0 Å². The van der Waals surface area contributed by atoms with Gasteiger partial charge >= 0.3 is 0 Å². The highest BCUT2D eigenvalue weighted by molar-refractivity contribution is 6.00. The number of H-pyrrole nitrogens is 1. The Bertz CT molecular complexity index is 1920. The van der Waals surface area contributed by atoms with Crippen LogP contribution in [-0.2, 0) is 32.5 Å². The van der Waals surface area contributed by atoms with Crippen molar-refractivity contribution in [2.24, 2.45) is 11.8 Å². The maximum absolute atomic E-state index is 13.1. The van der Waals surface area contributed by atoms with E-state index in [4.69, 9.17) is 0 Å². The molecule has 4 aromatic rings. The van der Waals surface area contributed by atoms with Gasteiger partial charge < -0.3 is 19.4 Å². The molecule has 4 aliphatic rings. The lowest BCUT2D eigenvalue weighted by Gasteiger charge is -2.31. The van der Waals surface area contributed by atoms with E-state index in [-0.39, 0.29) is 11.8 Å². The summed E-state index contributed by atoms with van der Waals surface area (Å²) in [5.41, 5.74) is 9.85. The van der Waals surface area contributed by atoms with Crippen molar-refractivity contribution in [2.75, 3.05) is 39.3 Å². The number of aromatic nitrogens is 2. The van der Waals surface area contributed by atoms with Gasteiger partial charge in [0.2, 0.25) is 0 Å². The van der Waals surface area contributed by atoms with Crippen LogP contribution in [0.4, 0.5) is 0 Å². The number of rotatable bonds is 6. The lowest BCUT2D eigenvalue weighted by atomic mass is 9.98. The van der Waals surface area contributed by atoms with Gasteiger partial charge in [0.15, 0.2) is 0 Å². The summed E-state index contributed by atoms with van der Waals surface area (Å²) in [6.45, 7) is 24.7. The minimum atomic E-state index is 0.195. The third-order valence-corrected chi connectivity index (χ3v) is 12.8. The Labute approximate surface area is 317 Å². The van der Waals surface area contributed by atoms with Gasteiger partial charge in [0, 0.05) is 128 Å². The van der Waals surface area contributed by atoms with Crippen LogP contribution in [0, 0.1) is 11.8 Å². The second-order valence-electron chi connectivity index (χ2n) is 17.2. The monoisotopic (exact) mass is 721 g/mol. The quantitative estimate of drug-likeness (QED) is 0.217. The van der Waals surface area contributed by atoms with E-state index < -0.39 is 0 Å². The van der Waals surface area contributed by atoms with Crippen molar-refractivity contribution in [3.05, 3.63) is 70.0 Å². The maximum Gasteiger partial charge on any atom is 0.253 e. The zero-order valence-electron chi connectivity index (χ0n) is 33.6. The summed E-state index contributed by atoms with van der Waals surface area (Å²) in [6, 6.07) is 13.7. The molecule has 8 nitrogen and oxygen atoms in total. The van der Waals surface area contributed by atoms with Gasteiger partial charge in [-0.2, -0.15) is 0 Å². The van der Waals surface area contributed by atoms with Crippen LogP contribution in [0.2, 0.25) is 0 Å². The van der Waals surface area contributed by atoms with Crippen LogP contribution in [0.15, 0.2) is 36.4 Å². The van der Waals surface area contributed by atoms with Gasteiger partial charge in [0.05, 0.1) is 0 Å². The highest BCUT2D eigenvalue weighted by atomic mass is 16.2. The normalized spacial score (nSPS) is 19.2. The molecule has 0 unspecified atom stereocenters. The van der Waals surface area contributed by atoms with Crippen molar-refractivity contribution < 1.29 is 9.59 Å². The number of amides is 2. The molecule has 286 valence electrons. The molecule has 0 aliphatic carbocycles. The standard InChI is InChI=1S/C24H35N3O.C21H29N3O/c1-5-11-27-22-7-6-19(24(28)25-12-8-18(4)9-13-25)15-20(22)21-16-26(17(2)3)14-10-23(21)27;1-14(2)24-11-8-20-18(13-24)17-12-16(4-5-19(17)22-20)21(25)23-9-6-15(3)7-10-23/h6-7,15,17-18H,5,8-14,16H2,1-4H3;4-5,12,14-15,22H,6-11,13H2,1-3H3. The molecule has 0 saturated carbocycles. The number of carbonyl (C=O) groups is 2. The first-order valence-corrected chi connectivity index (χ1v) is 20.9. The number of benzene rings is 2. The summed E-state index contributed by atoms with van der Waals surface area (Å²) in [7, 11) is 0. The molecule has 0 radical (unpaired) electrons. The summed E-state index contributed by atoms with van der Waals surface area (Å²) in [4.78, 5) is 38.8. The van der Waals surface area contributed by atoms with Gasteiger partial charge in [-0.1, -0.05) is 20.8 Å². The number of hydrogen-bond donors (Lipinski definition) is 1. The largest absolute Gasteiger partial charge is 0.358 e. The molecule has 1 N–H and O–H groups in total. The van der Waals surface area contributed by atoms with Crippen molar-refractivity contribution in [3.63, 3.8) is 0 Å². The molecule has 2 amide bonds. The SMILES string of the molecule is CC1CCN(C(=O)c2ccc3[nH]c4c(c3c2)CN(C(C)C)CC4)CC1.CCCn1c2c(c3cc(C(=O)N4CCC(C)CC4)ccc31)CN(C(C)C)CC2. The van der Waals surface area contributed by atoms with Crippen LogP contribution in [0.3, 0.4) is 0 Å². The number of aromatic amines is 1. The number of piperidine rings is 2. The summed E-state index contributed by atoms with van der Waals surface area (Å²) < 4.78 is 2.51. The third-order valence-electron chi connectivity index (χ3n) is 12.8. The number of aryl methyl sites for hydroxylation is 1. The molecule has 2 aromatic heterocycles. The fourth-order valence-corrected chi connectivity index (χ4v) is 9.12. The molecular formula is C45H64N6O2. The second-order valence-corrected chi connectivity index (χ2v) is 17.2. The highest BCUT2D eigenvalue weighted by Gasteiger charge is 2.28. The molecule has 53 heavy (non-hydrogen) atoms. The fourth-order valence-electron chi connectivity index (χ4n) is 9.12. The number of carbonyl (C=O) groups excluding carboxylic acids is 2. The maximum atomic E-state index is 13.1. The van der Waals surface area contributed by atoms with Gasteiger partial charge in [0.25, 0.3) is 11.8 Å². The van der Waals surface area contributed by atoms with E-state index in [0.717, 1.165) is 127 Å². The minimum absolute atomic E-state index is 0.195. The van der Waals surface area contributed by atoms with Gasteiger partial charge in [0.1, 0.15) is 0 Å². The molecule has 4 aliphatic heterocycles. The molecule has 2 saturated heterocycles. The summed E-state index contributed by atoms with van der Waals surface area (Å²) >= 11 is 0. The van der Waals surface area contributed by atoms with E-state index in [0.29, 0.717) is 12.1 Å². The Morgan fingerprint density at radius 1 is 0.698 bits per heavy atom. The molecule has 0 atom stereocenters. The van der Waals surface area contributed by atoms with Crippen molar-refractivity contribution >= 4 is 33.6 Å². The molecule has 6 heterocycles. The molecule has 2 aromatic carbocycles. The van der Waals surface area contributed by atoms with E-state index in [1.807, 2.05) is 11.0 Å². The number of nitrogens with one attached hydrogen (secondary N) is 1. The fraction of sp³-hybridized carbons (Fsp3) is 0.600. The lowest BCUT2D eigenvalue weighted by Crippen LogP contribution is -2.37. The number of fused-ring (bicyclic) bond motifs is 6. The Morgan fingerprint density at radius 3 is 1.79 bits per heavy atom. The molecule has 0 bridgehead atoms. The number of hydrogen-bond acceptors (Lipinski definition) is 4. The van der Waals surface area contributed by atoms with Crippen molar-refractivity contribution in [2.45, 2.75) is 125 Å². The molecule has 0 spiro atoms. The van der Waals surface area contributed by atoms with Gasteiger partial charge in [-0.05, 0) is 119 Å². The number of likely N-dealkylation sites (tertiary alicyclic amines) is 2. The van der Waals surface area contributed by atoms with Gasteiger partial charge in [-0.25, -0.2) is 0 Å². The van der Waals surface area contributed by atoms with E-state index in [2.05, 4.69) is 103 Å². The first kappa shape index (κ1) is 37.7. The van der Waals surface area contributed by atoms with Crippen LogP contribution < -0.4 is 0 Å². The average Bonchev–Trinajstić information content (AvgIpc) is 3.69. The summed E-state index contributed by atoms with van der Waals surface area (Å²) in [5.74, 6) is 1.89. The van der Waals surface area contributed by atoms with Crippen LogP contribution in [-0.4, -0.2) is 92.3 Å². The zero-order chi connectivity index (χ0) is 37.4. The van der Waals surface area contributed by atoms with Crippen LogP contribution in [0.25, 0.3) is 21.8 Å². The van der Waals surface area contributed by atoms with E-state index >= 15 is 0 Å². The second kappa shape index (κ2) is 16.0. The number of nitrogens with zero attached hydrogens (tertiary/aromatic N) is 5. The predicted octanol–water partition coefficient (Wildman–Crippen LogP) is 8.50. The van der Waals surface area contributed by atoms with Gasteiger partial charge in [-0.3, -0.25) is 19.4 Å². The topological polar surface area (TPSA) is 67.8 Å². The first-order valence-electron chi connectivity index (χ1n) is 20.9. The van der Waals surface area contributed by atoms with Crippen molar-refractivity contribution in [1.29, 1.82) is 0 Å². The minimum Gasteiger partial charge on any atom is -0.358 e. The average molecular weight is 721 g/mol. The Kier molecular flexibility index (Phi) is 11.4. The molecule has 2 fully saturated rings. The summed E-state index contributed by atoms with van der Waals surface area (Å²) in [5, 5.41) is 2.53. The zero-order valence-corrected chi connectivity index (χ0v) is 33.6. The smallest absolute Gasteiger partial charge is 0.253 e. The predicted molar refractivity (Wildman–Crippen MR) is 218 cm³/mol. The lowest BCUT2D eigenvalue weighted by molar-refractivity contribution is 0.0689. The van der Waals surface area contributed by atoms with Crippen molar-refractivity contribution in [3.8, 4) is 0 Å². The van der Waals surface area contributed by atoms with E-state index in [1.54, 1.807) is 0 Å². The summed E-state index contributed by atoms with van der Waals surface area (Å²) in [6.07, 6.45) is 7.80.